The van der Waals surface area contributed by atoms with Crippen molar-refractivity contribution < 1.29 is 10.3 Å². The highest BCUT2D eigenvalue weighted by Gasteiger charge is 2.05. The first-order chi connectivity index (χ1) is 4.43. The third-order valence-corrected chi connectivity index (χ3v) is 1.51. The van der Waals surface area contributed by atoms with Gasteiger partial charge in [-0.05, 0) is 19.3 Å². The smallest absolute Gasteiger partial charge is 0.258 e. The third kappa shape index (κ3) is 2.62. The van der Waals surface area contributed by atoms with E-state index in [4.69, 9.17) is 0 Å². The van der Waals surface area contributed by atoms with Crippen molar-refractivity contribution in [2.45, 2.75) is 19.3 Å². The maximum absolute atomic E-state index is 9.74. The molecule has 0 saturated carbocycles. The van der Waals surface area contributed by atoms with E-state index in [-0.39, 0.29) is 5.48 Å². The molecule has 0 spiro atoms. The average molecular weight is 144 g/mol. The number of isocyanates is 1. The molecule has 0 amide bonds. The first-order valence-electron chi connectivity index (χ1n) is 3.26. The lowest BCUT2D eigenvalue weighted by molar-refractivity contribution is 0.238. The van der Waals surface area contributed by atoms with Gasteiger partial charge in [-0.25, -0.2) is 4.79 Å². The minimum absolute atomic E-state index is 0. The quantitative estimate of drug-likeness (QED) is 0.381. The van der Waals surface area contributed by atoms with Crippen molar-refractivity contribution >= 4 is 6.08 Å². The second-order valence-corrected chi connectivity index (χ2v) is 2.21. The van der Waals surface area contributed by atoms with Gasteiger partial charge in [0.2, 0.25) is 0 Å². The highest BCUT2D eigenvalue weighted by Crippen LogP contribution is 2.07. The molecule has 0 aromatic carbocycles. The summed E-state index contributed by atoms with van der Waals surface area (Å²) < 4.78 is 0. The Kier molecular flexibility index (Phi) is 4.54. The van der Waals surface area contributed by atoms with E-state index in [0.717, 1.165) is 25.9 Å². The molecular formula is C6H12N2O2. The molecular weight excluding hydrogens is 132 g/mol. The van der Waals surface area contributed by atoms with Crippen LogP contribution in [-0.2, 0) is 4.79 Å². The second-order valence-electron chi connectivity index (χ2n) is 2.21. The Morgan fingerprint density at radius 2 is 1.80 bits per heavy atom. The van der Waals surface area contributed by atoms with Crippen molar-refractivity contribution in [2.75, 3.05) is 13.1 Å². The Morgan fingerprint density at radius 1 is 1.20 bits per heavy atom. The normalized spacial score (nSPS) is 17.0. The van der Waals surface area contributed by atoms with Crippen LogP contribution in [0.1, 0.15) is 19.3 Å². The van der Waals surface area contributed by atoms with Gasteiger partial charge in [0.05, 0.1) is 0 Å². The van der Waals surface area contributed by atoms with Crippen molar-refractivity contribution in [1.82, 2.24) is 5.01 Å². The lowest BCUT2D eigenvalue weighted by atomic mass is 10.2. The SMILES string of the molecule is O.O=C=NN1CCCCC1. The van der Waals surface area contributed by atoms with E-state index in [1.807, 2.05) is 0 Å². The molecule has 0 aromatic heterocycles. The van der Waals surface area contributed by atoms with Crippen LogP contribution in [0.2, 0.25) is 0 Å². The predicted octanol–water partition coefficient (Wildman–Crippen LogP) is -0.102. The Morgan fingerprint density at radius 3 is 2.30 bits per heavy atom. The molecule has 1 heterocycles. The van der Waals surface area contributed by atoms with Crippen LogP contribution < -0.4 is 0 Å². The van der Waals surface area contributed by atoms with Crippen molar-refractivity contribution in [3.05, 3.63) is 0 Å². The number of nitrogens with zero attached hydrogens (tertiary/aromatic N) is 2. The molecule has 0 aromatic rings. The highest BCUT2D eigenvalue weighted by molar-refractivity contribution is 5.32. The molecule has 1 fully saturated rings. The zero-order chi connectivity index (χ0) is 6.53. The summed E-state index contributed by atoms with van der Waals surface area (Å²) in [5.41, 5.74) is 0. The van der Waals surface area contributed by atoms with E-state index in [0.29, 0.717) is 0 Å². The van der Waals surface area contributed by atoms with Gasteiger partial charge in [-0.1, -0.05) is 5.10 Å². The van der Waals surface area contributed by atoms with Gasteiger partial charge in [-0.2, -0.15) is 0 Å². The number of hydrogen-bond donors (Lipinski definition) is 0. The summed E-state index contributed by atoms with van der Waals surface area (Å²) in [5, 5.41) is 5.29. The highest BCUT2D eigenvalue weighted by atomic mass is 16.1. The van der Waals surface area contributed by atoms with E-state index in [1.54, 1.807) is 5.01 Å². The van der Waals surface area contributed by atoms with Gasteiger partial charge in [0, 0.05) is 13.1 Å². The van der Waals surface area contributed by atoms with Crippen LogP contribution >= 0.6 is 0 Å². The maximum Gasteiger partial charge on any atom is 0.258 e. The van der Waals surface area contributed by atoms with Gasteiger partial charge in [-0.15, -0.1) is 0 Å². The first-order valence-corrected chi connectivity index (χ1v) is 3.26. The lowest BCUT2D eigenvalue weighted by Gasteiger charge is -2.20. The molecule has 4 heteroatoms. The van der Waals surface area contributed by atoms with Crippen molar-refractivity contribution in [3.63, 3.8) is 0 Å². The summed E-state index contributed by atoms with van der Waals surface area (Å²) in [5.74, 6) is 0. The fraction of sp³-hybridized carbons (Fsp3) is 0.833. The minimum atomic E-state index is 0. The number of rotatable bonds is 1. The Balaban J connectivity index is 0.000000810. The predicted molar refractivity (Wildman–Crippen MR) is 37.2 cm³/mol. The number of piperidine rings is 1. The van der Waals surface area contributed by atoms with Gasteiger partial charge >= 0.3 is 0 Å². The van der Waals surface area contributed by atoms with Crippen LogP contribution in [0.15, 0.2) is 5.10 Å². The van der Waals surface area contributed by atoms with E-state index in [1.165, 1.54) is 12.5 Å². The molecule has 58 valence electrons. The molecule has 1 saturated heterocycles. The number of hydrazone groups is 1. The zero-order valence-electron chi connectivity index (χ0n) is 5.84. The molecule has 4 nitrogen and oxygen atoms in total. The summed E-state index contributed by atoms with van der Waals surface area (Å²) in [4.78, 5) is 9.74. The van der Waals surface area contributed by atoms with Crippen LogP contribution in [-0.4, -0.2) is 29.7 Å². The summed E-state index contributed by atoms with van der Waals surface area (Å²) in [6, 6.07) is 0. The average Bonchev–Trinajstić information content (AvgIpc) is 1.91. The van der Waals surface area contributed by atoms with Crippen LogP contribution in [0.25, 0.3) is 0 Å². The van der Waals surface area contributed by atoms with Gasteiger partial charge in [-0.3, -0.25) is 5.01 Å². The Labute approximate surface area is 59.8 Å². The molecule has 2 N–H and O–H groups in total. The largest absolute Gasteiger partial charge is 0.412 e. The molecule has 1 aliphatic rings. The Bertz CT molecular complexity index is 126. The summed E-state index contributed by atoms with van der Waals surface area (Å²) in [7, 11) is 0. The molecule has 0 radical (unpaired) electrons. The van der Waals surface area contributed by atoms with Crippen LogP contribution in [0.4, 0.5) is 0 Å². The molecule has 0 atom stereocenters. The third-order valence-electron chi connectivity index (χ3n) is 1.51. The minimum Gasteiger partial charge on any atom is -0.412 e. The molecule has 0 unspecified atom stereocenters. The molecule has 10 heavy (non-hydrogen) atoms. The molecule has 1 rings (SSSR count). The fourth-order valence-corrected chi connectivity index (χ4v) is 1.03. The van der Waals surface area contributed by atoms with E-state index < -0.39 is 0 Å². The van der Waals surface area contributed by atoms with Crippen molar-refractivity contribution in [2.24, 2.45) is 5.10 Å². The first kappa shape index (κ1) is 9.14. The van der Waals surface area contributed by atoms with E-state index in [2.05, 4.69) is 5.10 Å². The summed E-state index contributed by atoms with van der Waals surface area (Å²) >= 11 is 0. The van der Waals surface area contributed by atoms with Gasteiger partial charge in [0.15, 0.2) is 0 Å². The van der Waals surface area contributed by atoms with Gasteiger partial charge < -0.3 is 5.48 Å². The Hall–Kier alpha value is -0.860. The maximum atomic E-state index is 9.74. The van der Waals surface area contributed by atoms with Crippen molar-refractivity contribution in [1.29, 1.82) is 0 Å². The van der Waals surface area contributed by atoms with Gasteiger partial charge in [0.25, 0.3) is 6.08 Å². The monoisotopic (exact) mass is 144 g/mol. The summed E-state index contributed by atoms with van der Waals surface area (Å²) in [6.45, 7) is 1.85. The lowest BCUT2D eigenvalue weighted by Crippen LogP contribution is -2.23. The summed E-state index contributed by atoms with van der Waals surface area (Å²) in [6.07, 6.45) is 5.12. The molecule has 0 bridgehead atoms. The van der Waals surface area contributed by atoms with E-state index in [9.17, 15) is 4.79 Å². The zero-order valence-corrected chi connectivity index (χ0v) is 5.84. The van der Waals surface area contributed by atoms with Crippen LogP contribution in [0, 0.1) is 0 Å². The van der Waals surface area contributed by atoms with Crippen LogP contribution in [0.5, 0.6) is 0 Å². The molecule has 1 aliphatic heterocycles. The number of hydrogen-bond acceptors (Lipinski definition) is 3. The van der Waals surface area contributed by atoms with Crippen LogP contribution in [0.3, 0.4) is 0 Å². The standard InChI is InChI=1S/C6H10N2O.H2O/c9-6-7-8-4-2-1-3-5-8;/h1-5H2;1H2. The van der Waals surface area contributed by atoms with Crippen molar-refractivity contribution in [3.8, 4) is 0 Å². The van der Waals surface area contributed by atoms with Gasteiger partial charge in [0.1, 0.15) is 0 Å². The van der Waals surface area contributed by atoms with E-state index >= 15 is 0 Å². The molecule has 0 aliphatic carbocycles. The second kappa shape index (κ2) is 4.97. The fourth-order valence-electron chi connectivity index (χ4n) is 1.03. The topological polar surface area (TPSA) is 64.2 Å². The number of carbonyl (C=O) groups excluding carboxylic acids is 1.